The van der Waals surface area contributed by atoms with Crippen LogP contribution in [0.1, 0.15) is 162 Å². The molecule has 1 N–H and O–H groups in total. The van der Waals surface area contributed by atoms with Gasteiger partial charge in [-0.15, -0.1) is 0 Å². The van der Waals surface area contributed by atoms with E-state index in [1.165, 1.54) is 38.5 Å². The first-order valence-electron chi connectivity index (χ1n) is 18.8. The fourth-order valence-corrected chi connectivity index (χ4v) is 5.30. The van der Waals surface area contributed by atoms with Crippen LogP contribution in [0.2, 0.25) is 0 Å². The second-order valence-electron chi connectivity index (χ2n) is 13.6. The predicted molar refractivity (Wildman–Crippen MR) is 187 cm³/mol. The van der Waals surface area contributed by atoms with Crippen LogP contribution in [0.25, 0.3) is 0 Å². The first-order chi connectivity index (χ1) is 22.1. The van der Waals surface area contributed by atoms with Gasteiger partial charge < -0.3 is 23.8 Å². The van der Waals surface area contributed by atoms with Gasteiger partial charge in [0, 0.05) is 12.8 Å². The molecule has 270 valence electrons. The van der Waals surface area contributed by atoms with Crippen LogP contribution >= 0.6 is 0 Å². The van der Waals surface area contributed by atoms with Gasteiger partial charge in [0.25, 0.3) is 0 Å². The summed E-state index contributed by atoms with van der Waals surface area (Å²) < 4.78 is 16.8. The number of nitrogens with zero attached hydrogens (tertiary/aromatic N) is 1. The summed E-state index contributed by atoms with van der Waals surface area (Å²) in [5, 5.41) is 10.9. The van der Waals surface area contributed by atoms with Crippen LogP contribution in [-0.2, 0) is 28.6 Å². The summed E-state index contributed by atoms with van der Waals surface area (Å²) in [6, 6.07) is 0. The molecule has 8 nitrogen and oxygen atoms in total. The summed E-state index contributed by atoms with van der Waals surface area (Å²) in [5.74, 6) is -0.613. The van der Waals surface area contributed by atoms with E-state index in [2.05, 4.69) is 19.9 Å². The topological polar surface area (TPSA) is 99.1 Å². The quantitative estimate of drug-likeness (QED) is 0.0255. The Morgan fingerprint density at radius 1 is 0.630 bits per heavy atom. The van der Waals surface area contributed by atoms with E-state index in [1.54, 1.807) is 0 Å². The Hall–Kier alpha value is -1.93. The summed E-state index contributed by atoms with van der Waals surface area (Å²) in [7, 11) is 3.82. The maximum Gasteiger partial charge on any atom is 0.362 e. The van der Waals surface area contributed by atoms with E-state index in [4.69, 9.17) is 14.2 Å². The zero-order valence-electron chi connectivity index (χ0n) is 30.5. The van der Waals surface area contributed by atoms with Crippen molar-refractivity contribution in [1.29, 1.82) is 0 Å². The molecule has 0 saturated carbocycles. The highest BCUT2D eigenvalue weighted by atomic mass is 16.6. The first kappa shape index (κ1) is 44.1. The van der Waals surface area contributed by atoms with Gasteiger partial charge in [-0.2, -0.15) is 0 Å². The number of allylic oxidation sites excluding steroid dienone is 1. The van der Waals surface area contributed by atoms with Gasteiger partial charge in [0.2, 0.25) is 0 Å². The molecule has 0 bridgehead atoms. The summed E-state index contributed by atoms with van der Waals surface area (Å²) in [4.78, 5) is 36.3. The third-order valence-corrected chi connectivity index (χ3v) is 8.33. The molecule has 46 heavy (non-hydrogen) atoms. The summed E-state index contributed by atoms with van der Waals surface area (Å²) in [6.45, 7) is 7.79. The van der Waals surface area contributed by atoms with Gasteiger partial charge in [0.1, 0.15) is 19.3 Å². The molecule has 8 heteroatoms. The van der Waals surface area contributed by atoms with Gasteiger partial charge in [-0.1, -0.05) is 110 Å². The highest BCUT2D eigenvalue weighted by Crippen LogP contribution is 2.16. The van der Waals surface area contributed by atoms with Crippen LogP contribution < -0.4 is 0 Å². The van der Waals surface area contributed by atoms with Crippen LogP contribution in [0.5, 0.6) is 0 Å². The number of carbonyl (C=O) groups is 3. The van der Waals surface area contributed by atoms with Crippen LogP contribution in [0.15, 0.2) is 12.2 Å². The molecule has 2 unspecified atom stereocenters. The molecule has 0 fully saturated rings. The van der Waals surface area contributed by atoms with Crippen molar-refractivity contribution in [2.45, 2.75) is 174 Å². The molecule has 0 aromatic heterocycles. The van der Waals surface area contributed by atoms with Crippen LogP contribution in [0.3, 0.4) is 0 Å². The lowest BCUT2D eigenvalue weighted by molar-refractivity contribution is -0.883. The standard InChI is InChI=1S/C38H72NO7/c1-6-9-11-12-13-18-21-25-31-44-37(42)29-24-20-17-15-14-16-19-23-27-34(40)35(28-22-10-7-2)46-38(43)33-39(4,5)30-32-45-36(41)26-8-3/h19,23,34-35,40H,6-18,20-22,24-33H2,1-5H3/q+1. The Bertz CT molecular complexity index is 783. The Morgan fingerprint density at radius 3 is 1.87 bits per heavy atom. The lowest BCUT2D eigenvalue weighted by Gasteiger charge is -2.30. The normalized spacial score (nSPS) is 13.1. The summed E-state index contributed by atoms with van der Waals surface area (Å²) >= 11 is 0. The molecule has 0 rings (SSSR count). The fraction of sp³-hybridized carbons (Fsp3) is 0.868. The van der Waals surface area contributed by atoms with Crippen molar-refractivity contribution in [3.8, 4) is 0 Å². The number of ether oxygens (including phenoxy) is 3. The van der Waals surface area contributed by atoms with Gasteiger partial charge in [-0.25, -0.2) is 4.79 Å². The average molecular weight is 655 g/mol. The van der Waals surface area contributed by atoms with Gasteiger partial charge >= 0.3 is 17.9 Å². The lowest BCUT2D eigenvalue weighted by atomic mass is 10.0. The Kier molecular flexibility index (Phi) is 29.1. The number of likely N-dealkylation sites (N-methyl/N-ethyl adjacent to an activating group) is 1. The van der Waals surface area contributed by atoms with Crippen molar-refractivity contribution in [2.24, 2.45) is 0 Å². The number of rotatable bonds is 32. The number of carbonyl (C=O) groups excluding carboxylic acids is 3. The van der Waals surface area contributed by atoms with Gasteiger partial charge in [-0.05, 0) is 51.4 Å². The maximum atomic E-state index is 12.8. The van der Waals surface area contributed by atoms with Crippen molar-refractivity contribution in [2.75, 3.05) is 40.4 Å². The molecule has 0 aliphatic carbocycles. The molecule has 0 aliphatic rings. The van der Waals surface area contributed by atoms with E-state index < -0.39 is 12.2 Å². The zero-order chi connectivity index (χ0) is 34.3. The van der Waals surface area contributed by atoms with Crippen LogP contribution in [0, 0.1) is 0 Å². The van der Waals surface area contributed by atoms with Gasteiger partial charge in [0.05, 0.1) is 26.8 Å². The minimum atomic E-state index is -0.738. The molecule has 0 amide bonds. The number of hydrogen-bond donors (Lipinski definition) is 1. The van der Waals surface area contributed by atoms with Crippen LogP contribution in [0.4, 0.5) is 0 Å². The number of aliphatic hydroxyl groups excluding tert-OH is 1. The van der Waals surface area contributed by atoms with E-state index in [1.807, 2.05) is 27.1 Å². The molecular formula is C38H72NO7+. The molecule has 0 spiro atoms. The summed E-state index contributed by atoms with van der Waals surface area (Å²) in [5.41, 5.74) is 0. The lowest BCUT2D eigenvalue weighted by Crippen LogP contribution is -2.48. The van der Waals surface area contributed by atoms with E-state index >= 15 is 0 Å². The number of aliphatic hydroxyl groups is 1. The monoisotopic (exact) mass is 655 g/mol. The molecule has 0 aromatic rings. The Balaban J connectivity index is 4.14. The number of quaternary nitrogens is 1. The zero-order valence-corrected chi connectivity index (χ0v) is 30.5. The number of unbranched alkanes of at least 4 members (excludes halogenated alkanes) is 14. The predicted octanol–water partition coefficient (Wildman–Crippen LogP) is 8.62. The minimum Gasteiger partial charge on any atom is -0.466 e. The highest BCUT2D eigenvalue weighted by molar-refractivity contribution is 5.71. The maximum absolute atomic E-state index is 12.8. The smallest absolute Gasteiger partial charge is 0.362 e. The largest absolute Gasteiger partial charge is 0.466 e. The fourth-order valence-electron chi connectivity index (χ4n) is 5.30. The van der Waals surface area contributed by atoms with Crippen molar-refractivity contribution < 1.29 is 38.2 Å². The van der Waals surface area contributed by atoms with Crippen molar-refractivity contribution in [1.82, 2.24) is 0 Å². The molecule has 2 atom stereocenters. The second-order valence-corrected chi connectivity index (χ2v) is 13.6. The molecule has 0 aromatic carbocycles. The van der Waals surface area contributed by atoms with E-state index in [0.29, 0.717) is 43.3 Å². The third-order valence-electron chi connectivity index (χ3n) is 8.33. The molecule has 0 heterocycles. The Morgan fingerprint density at radius 2 is 1.20 bits per heavy atom. The van der Waals surface area contributed by atoms with Crippen molar-refractivity contribution in [3.05, 3.63) is 12.2 Å². The molecule has 0 aliphatic heterocycles. The highest BCUT2D eigenvalue weighted by Gasteiger charge is 2.27. The average Bonchev–Trinajstić information content (AvgIpc) is 3.00. The van der Waals surface area contributed by atoms with Crippen LogP contribution in [-0.4, -0.2) is 80.1 Å². The number of esters is 3. The van der Waals surface area contributed by atoms with E-state index in [9.17, 15) is 19.5 Å². The Labute approximate surface area is 282 Å². The second kappa shape index (κ2) is 30.4. The molecule has 0 saturated heterocycles. The van der Waals surface area contributed by atoms with E-state index in [0.717, 1.165) is 77.0 Å². The summed E-state index contributed by atoms with van der Waals surface area (Å²) in [6.07, 6.45) is 24.7. The van der Waals surface area contributed by atoms with Crippen molar-refractivity contribution >= 4 is 17.9 Å². The molecule has 0 radical (unpaired) electrons. The van der Waals surface area contributed by atoms with Gasteiger partial charge in [-0.3, -0.25) is 9.59 Å². The SMILES string of the molecule is CCCCCCCCCCOC(=O)CCCCCCCC=CCC(O)C(CCCCC)OC(=O)C[N+](C)(C)CCOC(=O)CCC. The van der Waals surface area contributed by atoms with Crippen molar-refractivity contribution in [3.63, 3.8) is 0 Å². The number of hydrogen-bond acceptors (Lipinski definition) is 7. The van der Waals surface area contributed by atoms with E-state index in [-0.39, 0.29) is 31.1 Å². The van der Waals surface area contributed by atoms with Gasteiger partial charge in [0.15, 0.2) is 6.54 Å². The third kappa shape index (κ3) is 28.3. The first-order valence-corrected chi connectivity index (χ1v) is 18.8. The minimum absolute atomic E-state index is 0.0593. The molecular weight excluding hydrogens is 582 g/mol.